The Labute approximate surface area is 122 Å². The second-order valence-corrected chi connectivity index (χ2v) is 4.51. The Bertz CT molecular complexity index is 657. The lowest BCUT2D eigenvalue weighted by Crippen LogP contribution is -1.99. The van der Waals surface area contributed by atoms with Gasteiger partial charge in [-0.15, -0.1) is 0 Å². The molecule has 0 saturated heterocycles. The molecule has 0 aliphatic carbocycles. The van der Waals surface area contributed by atoms with Crippen LogP contribution in [0.25, 0.3) is 6.08 Å². The standard InChI is InChI=1S/C17H16O4/c1-2-3-12-4-6-13(7-5-12)11-21-14-8-9-15(17(19)20)16(18)10-14/h2-10,18H,11H2,1H3,(H,19,20)/b3-2+. The number of carboxylic acid groups (broad SMARTS) is 1. The molecule has 0 aliphatic rings. The molecule has 0 heterocycles. The number of benzene rings is 2. The summed E-state index contributed by atoms with van der Waals surface area (Å²) in [5.74, 6) is -1.04. The average molecular weight is 284 g/mol. The zero-order valence-corrected chi connectivity index (χ0v) is 11.6. The van der Waals surface area contributed by atoms with Crippen LogP contribution in [-0.2, 0) is 6.61 Å². The van der Waals surface area contributed by atoms with Gasteiger partial charge in [-0.2, -0.15) is 0 Å². The molecule has 0 aromatic heterocycles. The Hall–Kier alpha value is -2.75. The third-order valence-electron chi connectivity index (χ3n) is 2.94. The summed E-state index contributed by atoms with van der Waals surface area (Å²) in [5.41, 5.74) is 1.97. The highest BCUT2D eigenvalue weighted by atomic mass is 16.5. The van der Waals surface area contributed by atoms with Crippen LogP contribution in [-0.4, -0.2) is 16.2 Å². The number of rotatable bonds is 5. The number of hydrogen-bond donors (Lipinski definition) is 2. The first kappa shape index (κ1) is 14.7. The van der Waals surface area contributed by atoms with Gasteiger partial charge in [-0.1, -0.05) is 36.4 Å². The molecule has 0 radical (unpaired) electrons. The number of carbonyl (C=O) groups is 1. The number of aromatic hydroxyl groups is 1. The topological polar surface area (TPSA) is 66.8 Å². The van der Waals surface area contributed by atoms with Gasteiger partial charge in [0.2, 0.25) is 0 Å². The Morgan fingerprint density at radius 2 is 1.90 bits per heavy atom. The van der Waals surface area contributed by atoms with Crippen molar-refractivity contribution in [2.45, 2.75) is 13.5 Å². The van der Waals surface area contributed by atoms with Crippen molar-refractivity contribution in [2.24, 2.45) is 0 Å². The molecular formula is C17H16O4. The van der Waals surface area contributed by atoms with Gasteiger partial charge >= 0.3 is 5.97 Å². The minimum atomic E-state index is -1.17. The highest BCUT2D eigenvalue weighted by molar-refractivity contribution is 5.90. The molecule has 0 fully saturated rings. The number of ether oxygens (including phenoxy) is 1. The van der Waals surface area contributed by atoms with Gasteiger partial charge in [0.25, 0.3) is 0 Å². The number of aromatic carboxylic acids is 1. The predicted molar refractivity (Wildman–Crippen MR) is 80.5 cm³/mol. The van der Waals surface area contributed by atoms with E-state index in [2.05, 4.69) is 0 Å². The molecule has 4 nitrogen and oxygen atoms in total. The van der Waals surface area contributed by atoms with Crippen molar-refractivity contribution in [3.05, 3.63) is 65.2 Å². The molecule has 21 heavy (non-hydrogen) atoms. The molecule has 4 heteroatoms. The molecule has 2 N–H and O–H groups in total. The zero-order valence-electron chi connectivity index (χ0n) is 11.6. The monoisotopic (exact) mass is 284 g/mol. The predicted octanol–water partition coefficient (Wildman–Crippen LogP) is 3.70. The Morgan fingerprint density at radius 1 is 1.19 bits per heavy atom. The third kappa shape index (κ3) is 3.86. The summed E-state index contributed by atoms with van der Waals surface area (Å²) >= 11 is 0. The Morgan fingerprint density at radius 3 is 2.48 bits per heavy atom. The number of hydrogen-bond acceptors (Lipinski definition) is 3. The molecule has 0 amide bonds. The van der Waals surface area contributed by atoms with Gasteiger partial charge in [0.05, 0.1) is 0 Å². The van der Waals surface area contributed by atoms with E-state index in [9.17, 15) is 9.90 Å². The summed E-state index contributed by atoms with van der Waals surface area (Å²) in [6, 6.07) is 12.0. The first-order valence-electron chi connectivity index (χ1n) is 6.51. The van der Waals surface area contributed by atoms with E-state index in [1.807, 2.05) is 43.3 Å². The molecule has 0 unspecified atom stereocenters. The molecule has 0 saturated carbocycles. The first-order valence-corrected chi connectivity index (χ1v) is 6.51. The SMILES string of the molecule is C/C=C/c1ccc(COc2ccc(C(=O)O)c(O)c2)cc1. The van der Waals surface area contributed by atoms with Gasteiger partial charge in [-0.05, 0) is 30.2 Å². The molecular weight excluding hydrogens is 268 g/mol. The van der Waals surface area contributed by atoms with Crippen LogP contribution in [0, 0.1) is 0 Å². The third-order valence-corrected chi connectivity index (χ3v) is 2.94. The van der Waals surface area contributed by atoms with E-state index in [4.69, 9.17) is 9.84 Å². The van der Waals surface area contributed by atoms with E-state index < -0.39 is 5.97 Å². The van der Waals surface area contributed by atoms with Gasteiger partial charge in [0.15, 0.2) is 0 Å². The lowest BCUT2D eigenvalue weighted by molar-refractivity contribution is 0.0693. The van der Waals surface area contributed by atoms with Crippen LogP contribution in [0.5, 0.6) is 11.5 Å². The van der Waals surface area contributed by atoms with Crippen LogP contribution in [0.2, 0.25) is 0 Å². The summed E-state index contributed by atoms with van der Waals surface area (Å²) < 4.78 is 5.54. The quantitative estimate of drug-likeness (QED) is 0.878. The minimum absolute atomic E-state index is 0.141. The van der Waals surface area contributed by atoms with Gasteiger partial charge in [0.1, 0.15) is 23.7 Å². The number of allylic oxidation sites excluding steroid dienone is 1. The number of carboxylic acids is 1. The molecule has 0 bridgehead atoms. The Balaban J connectivity index is 2.02. The average Bonchev–Trinajstić information content (AvgIpc) is 2.46. The molecule has 0 aliphatic heterocycles. The van der Waals surface area contributed by atoms with Crippen molar-refractivity contribution in [1.82, 2.24) is 0 Å². The maximum Gasteiger partial charge on any atom is 0.339 e. The maximum atomic E-state index is 10.8. The maximum absolute atomic E-state index is 10.8. The second kappa shape index (κ2) is 6.61. The van der Waals surface area contributed by atoms with Gasteiger partial charge in [-0.25, -0.2) is 4.79 Å². The lowest BCUT2D eigenvalue weighted by atomic mass is 10.1. The van der Waals surface area contributed by atoms with Crippen molar-refractivity contribution >= 4 is 12.0 Å². The zero-order chi connectivity index (χ0) is 15.2. The van der Waals surface area contributed by atoms with Crippen LogP contribution in [0.15, 0.2) is 48.5 Å². The van der Waals surface area contributed by atoms with E-state index in [-0.39, 0.29) is 11.3 Å². The highest BCUT2D eigenvalue weighted by Crippen LogP contribution is 2.24. The van der Waals surface area contributed by atoms with Crippen LogP contribution < -0.4 is 4.74 Å². The van der Waals surface area contributed by atoms with E-state index in [0.29, 0.717) is 12.4 Å². The Kier molecular flexibility index (Phi) is 4.61. The minimum Gasteiger partial charge on any atom is -0.507 e. The van der Waals surface area contributed by atoms with Crippen molar-refractivity contribution in [1.29, 1.82) is 0 Å². The van der Waals surface area contributed by atoms with Crippen molar-refractivity contribution < 1.29 is 19.7 Å². The molecule has 2 aromatic rings. The van der Waals surface area contributed by atoms with Crippen LogP contribution in [0.3, 0.4) is 0 Å². The summed E-state index contributed by atoms with van der Waals surface area (Å²) in [6.45, 7) is 2.31. The van der Waals surface area contributed by atoms with Crippen LogP contribution in [0.1, 0.15) is 28.4 Å². The normalized spacial score (nSPS) is 10.7. The van der Waals surface area contributed by atoms with Gasteiger partial charge in [-0.3, -0.25) is 0 Å². The lowest BCUT2D eigenvalue weighted by Gasteiger charge is -2.08. The van der Waals surface area contributed by atoms with Gasteiger partial charge in [0, 0.05) is 6.07 Å². The van der Waals surface area contributed by atoms with Gasteiger partial charge < -0.3 is 14.9 Å². The van der Waals surface area contributed by atoms with E-state index in [1.54, 1.807) is 0 Å². The largest absolute Gasteiger partial charge is 0.507 e. The molecule has 0 spiro atoms. The smallest absolute Gasteiger partial charge is 0.339 e. The van der Waals surface area contributed by atoms with Crippen molar-refractivity contribution in [3.8, 4) is 11.5 Å². The summed E-state index contributed by atoms with van der Waals surface area (Å²) in [4.78, 5) is 10.8. The van der Waals surface area contributed by atoms with Crippen LogP contribution >= 0.6 is 0 Å². The van der Waals surface area contributed by atoms with Crippen molar-refractivity contribution in [2.75, 3.05) is 0 Å². The van der Waals surface area contributed by atoms with E-state index in [0.717, 1.165) is 11.1 Å². The summed E-state index contributed by atoms with van der Waals surface area (Å²) in [5, 5.41) is 18.4. The fraction of sp³-hybridized carbons (Fsp3) is 0.118. The fourth-order valence-corrected chi connectivity index (χ4v) is 1.87. The highest BCUT2D eigenvalue weighted by Gasteiger charge is 2.10. The molecule has 108 valence electrons. The summed E-state index contributed by atoms with van der Waals surface area (Å²) in [7, 11) is 0. The first-order chi connectivity index (χ1) is 10.1. The van der Waals surface area contributed by atoms with E-state index >= 15 is 0 Å². The molecule has 2 rings (SSSR count). The fourth-order valence-electron chi connectivity index (χ4n) is 1.87. The van der Waals surface area contributed by atoms with Crippen molar-refractivity contribution in [3.63, 3.8) is 0 Å². The summed E-state index contributed by atoms with van der Waals surface area (Å²) in [6.07, 6.45) is 3.98. The van der Waals surface area contributed by atoms with Crippen LogP contribution in [0.4, 0.5) is 0 Å². The van der Waals surface area contributed by atoms with E-state index in [1.165, 1.54) is 18.2 Å². The number of phenols is 1. The second-order valence-electron chi connectivity index (χ2n) is 4.51. The molecule has 2 aromatic carbocycles. The molecule has 0 atom stereocenters.